The van der Waals surface area contributed by atoms with Crippen LogP contribution in [0.15, 0.2) is 53.2 Å². The molecule has 0 aliphatic rings. The van der Waals surface area contributed by atoms with Crippen molar-refractivity contribution >= 4 is 28.7 Å². The fourth-order valence-corrected chi connectivity index (χ4v) is 2.89. The monoisotopic (exact) mass is 393 g/mol. The molecule has 29 heavy (non-hydrogen) atoms. The number of likely N-dealkylation sites (N-methyl/N-ethyl adjacent to an activating group) is 1. The molecule has 3 rings (SSSR count). The van der Waals surface area contributed by atoms with Gasteiger partial charge < -0.3 is 19.5 Å². The Hall–Kier alpha value is -3.19. The largest absolute Gasteiger partial charge is 0.465 e. The van der Waals surface area contributed by atoms with Crippen LogP contribution >= 0.6 is 0 Å². The van der Waals surface area contributed by atoms with Gasteiger partial charge in [-0.3, -0.25) is 4.79 Å². The summed E-state index contributed by atoms with van der Waals surface area (Å²) in [6.07, 6.45) is 5.72. The summed E-state index contributed by atoms with van der Waals surface area (Å²) < 4.78 is 5.21. The molecule has 0 bridgehead atoms. The first-order valence-corrected chi connectivity index (χ1v) is 9.64. The molecule has 1 amide bonds. The molecule has 1 aromatic carbocycles. The van der Waals surface area contributed by atoms with Crippen molar-refractivity contribution in [3.05, 3.63) is 60.3 Å². The van der Waals surface area contributed by atoms with E-state index in [9.17, 15) is 4.79 Å². The van der Waals surface area contributed by atoms with E-state index in [1.54, 1.807) is 36.4 Å². The maximum absolute atomic E-state index is 12.4. The maximum Gasteiger partial charge on any atom is 0.246 e. The number of benzene rings is 1. The predicted octanol–water partition coefficient (Wildman–Crippen LogP) is 3.26. The lowest BCUT2D eigenvalue weighted by Crippen LogP contribution is -2.25. The Balaban J connectivity index is 1.71. The van der Waals surface area contributed by atoms with Gasteiger partial charge in [0.15, 0.2) is 5.82 Å². The molecule has 0 saturated carbocycles. The van der Waals surface area contributed by atoms with Crippen LogP contribution in [-0.4, -0.2) is 59.9 Å². The third-order valence-electron chi connectivity index (χ3n) is 4.41. The third kappa shape index (κ3) is 5.89. The molecule has 0 aliphatic heterocycles. The van der Waals surface area contributed by atoms with Crippen molar-refractivity contribution in [3.8, 4) is 0 Å². The van der Waals surface area contributed by atoms with E-state index in [0.29, 0.717) is 18.1 Å². The molecule has 0 fully saturated rings. The highest BCUT2D eigenvalue weighted by Crippen LogP contribution is 2.20. The highest BCUT2D eigenvalue weighted by atomic mass is 16.3. The number of furan rings is 1. The highest BCUT2D eigenvalue weighted by Gasteiger charge is 2.12. The van der Waals surface area contributed by atoms with Crippen LogP contribution in [0.1, 0.15) is 18.0 Å². The average Bonchev–Trinajstić information content (AvgIpc) is 3.22. The fraction of sp³-hybridized carbons (Fsp3) is 0.318. The second-order valence-corrected chi connectivity index (χ2v) is 7.13. The number of amides is 1. The molecule has 0 aliphatic carbocycles. The number of carbonyl (C=O) groups excluding carboxylic acids is 1. The molecule has 0 atom stereocenters. The maximum atomic E-state index is 12.4. The van der Waals surface area contributed by atoms with Crippen molar-refractivity contribution < 1.29 is 9.21 Å². The van der Waals surface area contributed by atoms with Gasteiger partial charge in [0.1, 0.15) is 11.6 Å². The highest BCUT2D eigenvalue weighted by molar-refractivity contribution is 5.91. The molecule has 2 heterocycles. The Morgan fingerprint density at radius 2 is 1.97 bits per heavy atom. The minimum atomic E-state index is -0.140. The second-order valence-electron chi connectivity index (χ2n) is 7.13. The van der Waals surface area contributed by atoms with Crippen molar-refractivity contribution in [1.82, 2.24) is 19.8 Å². The van der Waals surface area contributed by atoms with Gasteiger partial charge in [0.25, 0.3) is 0 Å². The first-order valence-electron chi connectivity index (χ1n) is 9.64. The first-order chi connectivity index (χ1) is 14.0. The summed E-state index contributed by atoms with van der Waals surface area (Å²) in [5, 5.41) is 4.40. The van der Waals surface area contributed by atoms with Crippen molar-refractivity contribution in [1.29, 1.82) is 0 Å². The molecular weight excluding hydrogens is 366 g/mol. The van der Waals surface area contributed by atoms with Crippen LogP contribution in [0.4, 0.5) is 5.82 Å². The van der Waals surface area contributed by atoms with Gasteiger partial charge in [-0.25, -0.2) is 9.97 Å². The molecule has 152 valence electrons. The van der Waals surface area contributed by atoms with Crippen LogP contribution in [0.5, 0.6) is 0 Å². The Morgan fingerprint density at radius 3 is 2.72 bits per heavy atom. The van der Waals surface area contributed by atoms with Crippen LogP contribution < -0.4 is 5.32 Å². The van der Waals surface area contributed by atoms with Crippen molar-refractivity contribution in [2.75, 3.05) is 39.5 Å². The smallest absolute Gasteiger partial charge is 0.246 e. The molecular formula is C22H27N5O2. The summed E-state index contributed by atoms with van der Waals surface area (Å²) in [4.78, 5) is 25.4. The molecule has 2 aromatic heterocycles. The van der Waals surface area contributed by atoms with Gasteiger partial charge in [-0.15, -0.1) is 0 Å². The van der Waals surface area contributed by atoms with Gasteiger partial charge in [0.05, 0.1) is 18.3 Å². The Labute approximate surface area is 171 Å². The third-order valence-corrected chi connectivity index (χ3v) is 4.41. The van der Waals surface area contributed by atoms with Gasteiger partial charge in [0.2, 0.25) is 5.91 Å². The number of hydrogen-bond donors (Lipinski definition) is 1. The zero-order chi connectivity index (χ0) is 20.6. The summed E-state index contributed by atoms with van der Waals surface area (Å²) in [5.74, 6) is 1.90. The molecule has 0 unspecified atom stereocenters. The molecule has 0 spiro atoms. The van der Waals surface area contributed by atoms with Crippen LogP contribution in [0.25, 0.3) is 17.0 Å². The topological polar surface area (TPSA) is 74.5 Å². The standard InChI is InChI=1S/C22H27N5O2/c1-26(2)14-7-13-23-22-18-9-4-5-10-19(18)24-20(25-22)16-27(3)21(28)12-11-17-8-6-15-29-17/h4-6,8-12,15H,7,13-14,16H2,1-3H3,(H,23,24,25)/b12-11+. The number of fused-ring (bicyclic) bond motifs is 1. The molecule has 1 N–H and O–H groups in total. The molecule has 0 saturated heterocycles. The number of nitrogens with zero attached hydrogens (tertiary/aromatic N) is 4. The van der Waals surface area contributed by atoms with Gasteiger partial charge in [-0.1, -0.05) is 12.1 Å². The van der Waals surface area contributed by atoms with Crippen LogP contribution in [0.2, 0.25) is 0 Å². The van der Waals surface area contributed by atoms with Crippen molar-refractivity contribution in [2.24, 2.45) is 0 Å². The summed E-state index contributed by atoms with van der Waals surface area (Å²) in [7, 11) is 5.86. The lowest BCUT2D eigenvalue weighted by molar-refractivity contribution is -0.125. The Morgan fingerprint density at radius 1 is 1.14 bits per heavy atom. The van der Waals surface area contributed by atoms with E-state index >= 15 is 0 Å². The van der Waals surface area contributed by atoms with Gasteiger partial charge >= 0.3 is 0 Å². The fourth-order valence-electron chi connectivity index (χ4n) is 2.89. The number of aromatic nitrogens is 2. The number of para-hydroxylation sites is 1. The van der Waals surface area contributed by atoms with E-state index in [2.05, 4.69) is 34.3 Å². The van der Waals surface area contributed by atoms with E-state index in [1.807, 2.05) is 24.3 Å². The van der Waals surface area contributed by atoms with E-state index in [1.165, 1.54) is 6.08 Å². The quantitative estimate of drug-likeness (QED) is 0.444. The zero-order valence-corrected chi connectivity index (χ0v) is 17.1. The molecule has 7 heteroatoms. The number of rotatable bonds is 9. The van der Waals surface area contributed by atoms with E-state index in [-0.39, 0.29) is 5.91 Å². The summed E-state index contributed by atoms with van der Waals surface area (Å²) in [6, 6.07) is 11.5. The van der Waals surface area contributed by atoms with Crippen molar-refractivity contribution in [2.45, 2.75) is 13.0 Å². The number of hydrogen-bond acceptors (Lipinski definition) is 6. The van der Waals surface area contributed by atoms with Gasteiger partial charge in [-0.05, 0) is 57.4 Å². The zero-order valence-electron chi connectivity index (χ0n) is 17.1. The lowest BCUT2D eigenvalue weighted by atomic mass is 10.2. The van der Waals surface area contributed by atoms with Crippen LogP contribution in [-0.2, 0) is 11.3 Å². The average molecular weight is 393 g/mol. The second kappa shape index (κ2) is 9.84. The van der Waals surface area contributed by atoms with E-state index in [0.717, 1.165) is 36.2 Å². The van der Waals surface area contributed by atoms with E-state index in [4.69, 9.17) is 4.42 Å². The summed E-state index contributed by atoms with van der Waals surface area (Å²) >= 11 is 0. The minimum absolute atomic E-state index is 0.140. The van der Waals surface area contributed by atoms with Gasteiger partial charge in [0, 0.05) is 25.1 Å². The lowest BCUT2D eigenvalue weighted by Gasteiger charge is -2.16. The summed E-state index contributed by atoms with van der Waals surface area (Å²) in [5.41, 5.74) is 0.861. The minimum Gasteiger partial charge on any atom is -0.465 e. The number of nitrogens with one attached hydrogen (secondary N) is 1. The molecule has 7 nitrogen and oxygen atoms in total. The van der Waals surface area contributed by atoms with Gasteiger partial charge in [-0.2, -0.15) is 0 Å². The summed E-state index contributed by atoms with van der Waals surface area (Å²) in [6.45, 7) is 2.14. The van der Waals surface area contributed by atoms with Crippen LogP contribution in [0, 0.1) is 0 Å². The normalized spacial score (nSPS) is 11.4. The Kier molecular flexibility index (Phi) is 6.97. The first kappa shape index (κ1) is 20.5. The SMILES string of the molecule is CN(C)CCCNc1nc(CN(C)C(=O)/C=C/c2ccco2)nc2ccccc12. The van der Waals surface area contributed by atoms with Crippen LogP contribution in [0.3, 0.4) is 0 Å². The Bertz CT molecular complexity index is 967. The van der Waals surface area contributed by atoms with E-state index < -0.39 is 0 Å². The van der Waals surface area contributed by atoms with Crippen molar-refractivity contribution in [3.63, 3.8) is 0 Å². The molecule has 0 radical (unpaired) electrons. The predicted molar refractivity (Wildman–Crippen MR) is 115 cm³/mol. The number of carbonyl (C=O) groups is 1. The molecule has 3 aromatic rings. The number of anilines is 1.